The third-order valence-corrected chi connectivity index (χ3v) is 4.54. The Labute approximate surface area is 127 Å². The molecule has 2 aromatic rings. The second-order valence-corrected chi connectivity index (χ2v) is 6.84. The molecule has 4 nitrogen and oxygen atoms in total. The van der Waals surface area contributed by atoms with Gasteiger partial charge in [0.2, 0.25) is 0 Å². The number of hydrogen-bond acceptors (Lipinski definition) is 3. The van der Waals surface area contributed by atoms with Gasteiger partial charge in [-0.15, -0.1) is 0 Å². The SMILES string of the molecule is CCCc1ccc(S(=O)(=O)Nc2cccc(Br)n2)cc1. The third-order valence-electron chi connectivity index (χ3n) is 2.73. The number of rotatable bonds is 5. The Morgan fingerprint density at radius 1 is 1.15 bits per heavy atom. The molecule has 1 aromatic carbocycles. The Morgan fingerprint density at radius 2 is 1.85 bits per heavy atom. The van der Waals surface area contributed by atoms with E-state index in [-0.39, 0.29) is 10.7 Å². The predicted molar refractivity (Wildman–Crippen MR) is 83.2 cm³/mol. The molecule has 0 aliphatic carbocycles. The Hall–Kier alpha value is -1.40. The summed E-state index contributed by atoms with van der Waals surface area (Å²) in [4.78, 5) is 4.29. The van der Waals surface area contributed by atoms with Gasteiger partial charge < -0.3 is 0 Å². The lowest BCUT2D eigenvalue weighted by atomic mass is 10.1. The first-order valence-corrected chi connectivity index (χ1v) is 8.53. The van der Waals surface area contributed by atoms with Crippen LogP contribution >= 0.6 is 15.9 Å². The summed E-state index contributed by atoms with van der Waals surface area (Å²) >= 11 is 3.21. The van der Waals surface area contributed by atoms with Gasteiger partial charge in [-0.25, -0.2) is 13.4 Å². The molecule has 0 unspecified atom stereocenters. The van der Waals surface area contributed by atoms with Gasteiger partial charge in [0.15, 0.2) is 0 Å². The summed E-state index contributed by atoms with van der Waals surface area (Å²) in [6.45, 7) is 2.09. The normalized spacial score (nSPS) is 11.3. The van der Waals surface area contributed by atoms with Crippen molar-refractivity contribution < 1.29 is 8.42 Å². The van der Waals surface area contributed by atoms with Gasteiger partial charge in [0.1, 0.15) is 10.4 Å². The third kappa shape index (κ3) is 3.80. The first kappa shape index (κ1) is 15.0. The Balaban J connectivity index is 2.21. The van der Waals surface area contributed by atoms with Crippen molar-refractivity contribution in [3.05, 3.63) is 52.6 Å². The molecular weight excluding hydrogens is 340 g/mol. The maximum atomic E-state index is 12.2. The van der Waals surface area contributed by atoms with Crippen molar-refractivity contribution in [3.63, 3.8) is 0 Å². The van der Waals surface area contributed by atoms with E-state index >= 15 is 0 Å². The molecule has 106 valence electrons. The molecule has 1 aromatic heterocycles. The fraction of sp³-hybridized carbons (Fsp3) is 0.214. The number of halogens is 1. The molecule has 0 aliphatic heterocycles. The van der Waals surface area contributed by atoms with Crippen LogP contribution in [0, 0.1) is 0 Å². The van der Waals surface area contributed by atoms with Crippen molar-refractivity contribution in [2.24, 2.45) is 0 Å². The number of anilines is 1. The Morgan fingerprint density at radius 3 is 2.45 bits per heavy atom. The lowest BCUT2D eigenvalue weighted by Gasteiger charge is -2.08. The average Bonchev–Trinajstić information content (AvgIpc) is 2.39. The Bertz CT molecular complexity index is 685. The van der Waals surface area contributed by atoms with Crippen molar-refractivity contribution in [1.82, 2.24) is 4.98 Å². The van der Waals surface area contributed by atoms with E-state index in [1.165, 1.54) is 0 Å². The van der Waals surface area contributed by atoms with Gasteiger partial charge in [0, 0.05) is 0 Å². The lowest BCUT2D eigenvalue weighted by Crippen LogP contribution is -2.13. The summed E-state index contributed by atoms with van der Waals surface area (Å²) in [6, 6.07) is 12.0. The van der Waals surface area contributed by atoms with Crippen LogP contribution in [0.2, 0.25) is 0 Å². The summed E-state index contributed by atoms with van der Waals surface area (Å²) in [6.07, 6.45) is 1.98. The van der Waals surface area contributed by atoms with E-state index in [2.05, 4.69) is 32.6 Å². The number of nitrogens with zero attached hydrogens (tertiary/aromatic N) is 1. The van der Waals surface area contributed by atoms with Gasteiger partial charge >= 0.3 is 0 Å². The lowest BCUT2D eigenvalue weighted by molar-refractivity contribution is 0.601. The highest BCUT2D eigenvalue weighted by atomic mass is 79.9. The van der Waals surface area contributed by atoms with Gasteiger partial charge in [-0.05, 0) is 52.2 Å². The van der Waals surface area contributed by atoms with Gasteiger partial charge in [0.05, 0.1) is 4.90 Å². The van der Waals surface area contributed by atoms with Gasteiger partial charge in [-0.3, -0.25) is 4.72 Å². The average molecular weight is 355 g/mol. The largest absolute Gasteiger partial charge is 0.263 e. The molecule has 1 N–H and O–H groups in total. The van der Waals surface area contributed by atoms with Gasteiger partial charge in [-0.2, -0.15) is 0 Å². The molecule has 0 spiro atoms. The minimum Gasteiger partial charge on any atom is -0.263 e. The molecule has 0 saturated heterocycles. The number of sulfonamides is 1. The van der Waals surface area contributed by atoms with Gasteiger partial charge in [-0.1, -0.05) is 31.5 Å². The van der Waals surface area contributed by atoms with Crippen LogP contribution < -0.4 is 4.72 Å². The minimum atomic E-state index is -3.60. The fourth-order valence-corrected chi connectivity index (χ4v) is 3.13. The van der Waals surface area contributed by atoms with Crippen molar-refractivity contribution >= 4 is 31.8 Å². The smallest absolute Gasteiger partial charge is 0.263 e. The van der Waals surface area contributed by atoms with E-state index in [1.54, 1.807) is 30.3 Å². The maximum Gasteiger partial charge on any atom is 0.263 e. The van der Waals surface area contributed by atoms with Crippen LogP contribution in [-0.4, -0.2) is 13.4 Å². The molecule has 0 radical (unpaired) electrons. The van der Waals surface area contributed by atoms with Crippen molar-refractivity contribution in [2.45, 2.75) is 24.7 Å². The zero-order valence-electron chi connectivity index (χ0n) is 11.0. The van der Waals surface area contributed by atoms with E-state index in [9.17, 15) is 8.42 Å². The monoisotopic (exact) mass is 354 g/mol. The number of benzene rings is 1. The number of hydrogen-bond donors (Lipinski definition) is 1. The molecular formula is C14H15BrN2O2S. The van der Waals surface area contributed by atoms with Crippen LogP contribution in [0.1, 0.15) is 18.9 Å². The summed E-state index contributed by atoms with van der Waals surface area (Å²) in [5.41, 5.74) is 1.13. The first-order valence-electron chi connectivity index (χ1n) is 6.25. The summed E-state index contributed by atoms with van der Waals surface area (Å²) in [5.74, 6) is 0.289. The molecule has 0 fully saturated rings. The minimum absolute atomic E-state index is 0.235. The van der Waals surface area contributed by atoms with E-state index in [0.29, 0.717) is 4.60 Å². The van der Waals surface area contributed by atoms with E-state index < -0.39 is 10.0 Å². The van der Waals surface area contributed by atoms with Crippen molar-refractivity contribution in [1.29, 1.82) is 0 Å². The second kappa shape index (κ2) is 6.37. The van der Waals surface area contributed by atoms with Crippen molar-refractivity contribution in [2.75, 3.05) is 4.72 Å². The number of pyridine rings is 1. The summed E-state index contributed by atoms with van der Waals surface area (Å²) < 4.78 is 27.5. The van der Waals surface area contributed by atoms with Crippen LogP contribution in [0.25, 0.3) is 0 Å². The maximum absolute atomic E-state index is 12.2. The zero-order chi connectivity index (χ0) is 14.6. The molecule has 2 rings (SSSR count). The topological polar surface area (TPSA) is 59.1 Å². The van der Waals surface area contributed by atoms with Crippen molar-refractivity contribution in [3.8, 4) is 0 Å². The Kier molecular flexibility index (Phi) is 4.77. The number of aryl methyl sites for hydroxylation is 1. The number of aromatic nitrogens is 1. The quantitative estimate of drug-likeness (QED) is 0.834. The van der Waals surface area contributed by atoms with Crippen LogP contribution in [0.15, 0.2) is 52.0 Å². The van der Waals surface area contributed by atoms with Crippen LogP contribution in [-0.2, 0) is 16.4 Å². The van der Waals surface area contributed by atoms with Crippen LogP contribution in [0.4, 0.5) is 5.82 Å². The fourth-order valence-electron chi connectivity index (χ4n) is 1.79. The van der Waals surface area contributed by atoms with Crippen LogP contribution in [0.3, 0.4) is 0 Å². The molecule has 0 atom stereocenters. The van der Waals surface area contributed by atoms with Crippen LogP contribution in [0.5, 0.6) is 0 Å². The molecule has 0 aliphatic rings. The standard InChI is InChI=1S/C14H15BrN2O2S/c1-2-4-11-7-9-12(10-8-11)20(18,19)17-14-6-3-5-13(15)16-14/h3,5-10H,2,4H2,1H3,(H,16,17). The highest BCUT2D eigenvalue weighted by Gasteiger charge is 2.14. The molecule has 6 heteroatoms. The predicted octanol–water partition coefficient (Wildman–Crippen LogP) is 3.60. The second-order valence-electron chi connectivity index (χ2n) is 4.35. The first-order chi connectivity index (χ1) is 9.51. The molecule has 0 bridgehead atoms. The van der Waals surface area contributed by atoms with E-state index in [0.717, 1.165) is 18.4 Å². The number of nitrogens with one attached hydrogen (secondary N) is 1. The van der Waals surface area contributed by atoms with Gasteiger partial charge in [0.25, 0.3) is 10.0 Å². The molecule has 0 amide bonds. The molecule has 1 heterocycles. The molecule has 0 saturated carbocycles. The summed E-state index contributed by atoms with van der Waals surface area (Å²) in [7, 11) is -3.60. The highest BCUT2D eigenvalue weighted by molar-refractivity contribution is 9.10. The zero-order valence-corrected chi connectivity index (χ0v) is 13.4. The summed E-state index contributed by atoms with van der Waals surface area (Å²) in [5, 5.41) is 0. The highest BCUT2D eigenvalue weighted by Crippen LogP contribution is 2.17. The van der Waals surface area contributed by atoms with E-state index in [1.807, 2.05) is 12.1 Å². The molecule has 20 heavy (non-hydrogen) atoms. The van der Waals surface area contributed by atoms with E-state index in [4.69, 9.17) is 0 Å².